The van der Waals surface area contributed by atoms with Crippen LogP contribution in [0.2, 0.25) is 5.02 Å². The highest BCUT2D eigenvalue weighted by Gasteiger charge is 2.31. The molecule has 2 N–H and O–H groups in total. The Morgan fingerprint density at radius 2 is 1.66 bits per heavy atom. The minimum atomic E-state index is -0.643. The van der Waals surface area contributed by atoms with E-state index in [0.29, 0.717) is 33.6 Å². The first kappa shape index (κ1) is 23.8. The monoisotopic (exact) mass is 492 g/mol. The second-order valence-electron chi connectivity index (χ2n) is 7.48. The van der Waals surface area contributed by atoms with E-state index in [1.165, 1.54) is 33.5 Å². The van der Waals surface area contributed by atoms with E-state index < -0.39 is 11.9 Å². The highest BCUT2D eigenvalue weighted by Crippen LogP contribution is 2.44. The predicted octanol–water partition coefficient (Wildman–Crippen LogP) is 4.80. The van der Waals surface area contributed by atoms with Gasteiger partial charge in [-0.3, -0.25) is 0 Å². The Labute approximate surface area is 207 Å². The number of halogens is 1. The highest BCUT2D eigenvalue weighted by atomic mass is 35.5. The number of esters is 1. The maximum Gasteiger partial charge on any atom is 0.343 e. The van der Waals surface area contributed by atoms with Crippen LogP contribution in [0.5, 0.6) is 28.7 Å². The summed E-state index contributed by atoms with van der Waals surface area (Å²) in [4.78, 5) is 12.9. The van der Waals surface area contributed by atoms with Crippen LogP contribution in [0.1, 0.15) is 27.4 Å². The van der Waals surface area contributed by atoms with Crippen LogP contribution < -0.4 is 29.4 Å². The summed E-state index contributed by atoms with van der Waals surface area (Å²) in [6, 6.07) is 17.2. The smallest absolute Gasteiger partial charge is 0.343 e. The molecule has 3 aromatic carbocycles. The van der Waals surface area contributed by atoms with Gasteiger partial charge in [0.25, 0.3) is 0 Å². The number of rotatable bonds is 6. The fraction of sp³-hybridized carbons (Fsp3) is 0.154. The zero-order chi connectivity index (χ0) is 25.1. The van der Waals surface area contributed by atoms with Crippen molar-refractivity contribution in [1.29, 1.82) is 5.26 Å². The summed E-state index contributed by atoms with van der Waals surface area (Å²) in [6.45, 7) is 0. The Morgan fingerprint density at radius 1 is 1.00 bits per heavy atom. The predicted molar refractivity (Wildman–Crippen MR) is 128 cm³/mol. The van der Waals surface area contributed by atoms with Gasteiger partial charge in [-0.25, -0.2) is 4.79 Å². The number of carbonyl (C=O) groups excluding carboxylic acids is 1. The van der Waals surface area contributed by atoms with Crippen molar-refractivity contribution in [1.82, 2.24) is 0 Å². The van der Waals surface area contributed by atoms with Crippen LogP contribution >= 0.6 is 11.6 Å². The van der Waals surface area contributed by atoms with Crippen molar-refractivity contribution in [2.75, 3.05) is 21.3 Å². The summed E-state index contributed by atoms with van der Waals surface area (Å²) in [5.41, 5.74) is 8.05. The van der Waals surface area contributed by atoms with Crippen molar-refractivity contribution in [2.45, 2.75) is 5.92 Å². The third kappa shape index (κ3) is 4.54. The number of hydrogen-bond acceptors (Lipinski definition) is 8. The normalized spacial score (nSPS) is 14.3. The van der Waals surface area contributed by atoms with Gasteiger partial charge in [-0.1, -0.05) is 29.8 Å². The molecule has 0 aromatic heterocycles. The van der Waals surface area contributed by atoms with Gasteiger partial charge in [-0.05, 0) is 35.9 Å². The number of ether oxygens (including phenoxy) is 5. The van der Waals surface area contributed by atoms with Gasteiger partial charge < -0.3 is 29.4 Å². The number of methoxy groups -OCH3 is 3. The Bertz CT molecular complexity index is 1340. The first-order valence-corrected chi connectivity index (χ1v) is 10.8. The van der Waals surface area contributed by atoms with Crippen LogP contribution in [0.15, 0.2) is 66.1 Å². The molecular formula is C26H21ClN2O6. The lowest BCUT2D eigenvalue weighted by Gasteiger charge is -2.26. The molecule has 178 valence electrons. The lowest BCUT2D eigenvalue weighted by atomic mass is 9.83. The molecule has 1 unspecified atom stereocenters. The first-order valence-electron chi connectivity index (χ1n) is 10.4. The molecule has 0 saturated heterocycles. The van der Waals surface area contributed by atoms with Crippen LogP contribution in [0.3, 0.4) is 0 Å². The van der Waals surface area contributed by atoms with Crippen LogP contribution in [0.25, 0.3) is 0 Å². The third-order valence-electron chi connectivity index (χ3n) is 5.50. The lowest BCUT2D eigenvalue weighted by molar-refractivity contribution is 0.0733. The van der Waals surface area contributed by atoms with E-state index in [-0.39, 0.29) is 22.8 Å². The molecule has 35 heavy (non-hydrogen) atoms. The average molecular weight is 493 g/mol. The third-order valence-corrected chi connectivity index (χ3v) is 5.76. The molecule has 1 atom stereocenters. The quantitative estimate of drug-likeness (QED) is 0.385. The summed E-state index contributed by atoms with van der Waals surface area (Å²) in [7, 11) is 4.39. The van der Waals surface area contributed by atoms with E-state index in [1.807, 2.05) is 12.1 Å². The summed E-state index contributed by atoms with van der Waals surface area (Å²) in [5.74, 6) is 0.477. The zero-order valence-electron chi connectivity index (χ0n) is 19.1. The molecule has 1 aliphatic rings. The number of hydrogen-bond donors (Lipinski definition) is 1. The maximum atomic E-state index is 12.9. The van der Waals surface area contributed by atoms with E-state index >= 15 is 0 Å². The Balaban J connectivity index is 1.67. The summed E-state index contributed by atoms with van der Waals surface area (Å²) in [6.07, 6.45) is 0. The molecule has 8 nitrogen and oxygen atoms in total. The molecule has 0 radical (unpaired) electrons. The molecule has 1 aliphatic heterocycles. The SMILES string of the molecule is COc1cc(C(=O)Oc2ccc3c(c2)OC(N)=C(C#N)C3c2ccc(Cl)cc2)cc(OC)c1OC. The van der Waals surface area contributed by atoms with Crippen LogP contribution in [0, 0.1) is 11.3 Å². The van der Waals surface area contributed by atoms with Gasteiger partial charge in [-0.2, -0.15) is 5.26 Å². The number of allylic oxidation sites excluding steroid dienone is 1. The fourth-order valence-corrected chi connectivity index (χ4v) is 3.99. The second-order valence-corrected chi connectivity index (χ2v) is 7.92. The minimum absolute atomic E-state index is 0.0203. The van der Waals surface area contributed by atoms with Gasteiger partial charge in [0.15, 0.2) is 11.5 Å². The average Bonchev–Trinajstić information content (AvgIpc) is 2.87. The number of nitrogens with two attached hydrogens (primary N) is 1. The largest absolute Gasteiger partial charge is 0.493 e. The maximum absolute atomic E-state index is 12.9. The number of benzene rings is 3. The van der Waals surface area contributed by atoms with Gasteiger partial charge in [0.05, 0.1) is 32.8 Å². The molecule has 0 aliphatic carbocycles. The lowest BCUT2D eigenvalue weighted by Crippen LogP contribution is -2.21. The van der Waals surface area contributed by atoms with Crippen molar-refractivity contribution >= 4 is 17.6 Å². The van der Waals surface area contributed by atoms with E-state index in [9.17, 15) is 10.1 Å². The van der Waals surface area contributed by atoms with Gasteiger partial charge in [0.2, 0.25) is 11.6 Å². The van der Waals surface area contributed by atoms with Crippen molar-refractivity contribution < 1.29 is 28.5 Å². The van der Waals surface area contributed by atoms with E-state index in [4.69, 9.17) is 41.0 Å². The number of carbonyl (C=O) groups is 1. The van der Waals surface area contributed by atoms with Gasteiger partial charge in [0, 0.05) is 16.7 Å². The minimum Gasteiger partial charge on any atom is -0.493 e. The molecule has 3 aromatic rings. The highest BCUT2D eigenvalue weighted by molar-refractivity contribution is 6.30. The van der Waals surface area contributed by atoms with Crippen LogP contribution in [-0.2, 0) is 0 Å². The second kappa shape index (κ2) is 9.87. The van der Waals surface area contributed by atoms with E-state index in [1.54, 1.807) is 30.3 Å². The van der Waals surface area contributed by atoms with Crippen molar-refractivity contribution in [3.8, 4) is 34.8 Å². The first-order chi connectivity index (χ1) is 16.9. The Hall–Kier alpha value is -4.35. The van der Waals surface area contributed by atoms with Crippen molar-refractivity contribution in [2.24, 2.45) is 5.73 Å². The molecule has 1 heterocycles. The zero-order valence-corrected chi connectivity index (χ0v) is 19.9. The summed E-state index contributed by atoms with van der Waals surface area (Å²) in [5, 5.41) is 10.3. The van der Waals surface area contributed by atoms with Gasteiger partial charge >= 0.3 is 5.97 Å². The topological polar surface area (TPSA) is 113 Å². The molecule has 0 spiro atoms. The molecule has 9 heteroatoms. The van der Waals surface area contributed by atoms with E-state index in [2.05, 4.69) is 6.07 Å². The summed E-state index contributed by atoms with van der Waals surface area (Å²) >= 11 is 6.03. The molecule has 4 rings (SSSR count). The standard InChI is InChI=1S/C26H21ClN2O6/c1-31-21-10-15(11-22(32-2)24(21)33-3)26(30)34-17-8-9-18-20(12-17)35-25(29)19(13-28)23(18)14-4-6-16(27)7-5-14/h4-12,23H,29H2,1-3H3. The van der Waals surface area contributed by atoms with Crippen LogP contribution in [-0.4, -0.2) is 27.3 Å². The Kier molecular flexibility index (Phi) is 6.71. The molecular weight excluding hydrogens is 472 g/mol. The van der Waals surface area contributed by atoms with E-state index in [0.717, 1.165) is 5.56 Å². The number of nitrogens with zero attached hydrogens (tertiary/aromatic N) is 1. The fourth-order valence-electron chi connectivity index (χ4n) is 3.86. The van der Waals surface area contributed by atoms with Crippen molar-refractivity contribution in [3.63, 3.8) is 0 Å². The molecule has 0 fully saturated rings. The van der Waals surface area contributed by atoms with Crippen LogP contribution in [0.4, 0.5) is 0 Å². The molecule has 0 saturated carbocycles. The van der Waals surface area contributed by atoms with Crippen molar-refractivity contribution in [3.05, 3.63) is 87.8 Å². The van der Waals surface area contributed by atoms with Gasteiger partial charge in [-0.15, -0.1) is 0 Å². The van der Waals surface area contributed by atoms with Gasteiger partial charge in [0.1, 0.15) is 23.1 Å². The number of nitriles is 1. The molecule has 0 bridgehead atoms. The number of fused-ring (bicyclic) bond motifs is 1. The Morgan fingerprint density at radius 3 is 2.23 bits per heavy atom. The molecule has 0 amide bonds. The summed E-state index contributed by atoms with van der Waals surface area (Å²) < 4.78 is 27.2.